The number of rotatable bonds is 7. The van der Waals surface area contributed by atoms with Crippen LogP contribution in [-0.4, -0.2) is 61.7 Å². The lowest BCUT2D eigenvalue weighted by molar-refractivity contribution is 0.153. The molecule has 0 spiro atoms. The molecule has 19 heavy (non-hydrogen) atoms. The molecule has 2 unspecified atom stereocenters. The highest BCUT2D eigenvalue weighted by Gasteiger charge is 2.22. The van der Waals surface area contributed by atoms with Gasteiger partial charge >= 0.3 is 0 Å². The van der Waals surface area contributed by atoms with Crippen molar-refractivity contribution < 1.29 is 0 Å². The van der Waals surface area contributed by atoms with Crippen LogP contribution in [0.2, 0.25) is 0 Å². The summed E-state index contributed by atoms with van der Waals surface area (Å²) in [6.07, 6.45) is 6.83. The second kappa shape index (κ2) is 8.23. The molecule has 2 saturated heterocycles. The monoisotopic (exact) mass is 267 g/mol. The quantitative estimate of drug-likeness (QED) is 0.763. The van der Waals surface area contributed by atoms with E-state index in [0.717, 1.165) is 12.0 Å². The summed E-state index contributed by atoms with van der Waals surface area (Å²) in [4.78, 5) is 5.35. The van der Waals surface area contributed by atoms with Gasteiger partial charge in [0.1, 0.15) is 0 Å². The van der Waals surface area contributed by atoms with Crippen molar-refractivity contribution in [1.29, 1.82) is 0 Å². The Hall–Kier alpha value is -0.120. The van der Waals surface area contributed by atoms with Crippen molar-refractivity contribution in [3.63, 3.8) is 0 Å². The van der Waals surface area contributed by atoms with Crippen molar-refractivity contribution >= 4 is 0 Å². The van der Waals surface area contributed by atoms with E-state index in [9.17, 15) is 0 Å². The summed E-state index contributed by atoms with van der Waals surface area (Å²) in [5.74, 6) is 0.822. The Labute approximate surface area is 119 Å². The van der Waals surface area contributed by atoms with Crippen molar-refractivity contribution in [3.8, 4) is 0 Å². The zero-order valence-corrected chi connectivity index (χ0v) is 13.0. The summed E-state index contributed by atoms with van der Waals surface area (Å²) >= 11 is 0. The minimum atomic E-state index is 0.743. The van der Waals surface area contributed by atoms with Gasteiger partial charge in [0.15, 0.2) is 0 Å². The minimum absolute atomic E-state index is 0.743. The number of hydrogen-bond acceptors (Lipinski definition) is 3. The molecule has 0 saturated carbocycles. The van der Waals surface area contributed by atoms with Gasteiger partial charge in [-0.2, -0.15) is 0 Å². The van der Waals surface area contributed by atoms with E-state index in [2.05, 4.69) is 29.0 Å². The van der Waals surface area contributed by atoms with Gasteiger partial charge in [0.25, 0.3) is 0 Å². The number of likely N-dealkylation sites (tertiary alicyclic amines) is 2. The van der Waals surface area contributed by atoms with Crippen LogP contribution >= 0.6 is 0 Å². The van der Waals surface area contributed by atoms with Crippen molar-refractivity contribution in [2.24, 2.45) is 5.92 Å². The molecule has 2 rings (SSSR count). The van der Waals surface area contributed by atoms with Gasteiger partial charge in [-0.3, -0.25) is 0 Å². The van der Waals surface area contributed by atoms with Gasteiger partial charge in [0.2, 0.25) is 0 Å². The summed E-state index contributed by atoms with van der Waals surface area (Å²) in [6, 6.07) is 0.743. The van der Waals surface area contributed by atoms with E-state index in [4.69, 9.17) is 0 Å². The van der Waals surface area contributed by atoms with Crippen LogP contribution in [-0.2, 0) is 0 Å². The highest BCUT2D eigenvalue weighted by atomic mass is 15.2. The number of piperidine rings is 1. The van der Waals surface area contributed by atoms with E-state index in [0.29, 0.717) is 0 Å². The molecule has 112 valence electrons. The predicted octanol–water partition coefficient (Wildman–Crippen LogP) is 2.18. The molecule has 2 fully saturated rings. The average molecular weight is 267 g/mol. The molecule has 0 aromatic heterocycles. The van der Waals surface area contributed by atoms with Crippen LogP contribution in [0.5, 0.6) is 0 Å². The van der Waals surface area contributed by atoms with Gasteiger partial charge < -0.3 is 15.1 Å². The third kappa shape index (κ3) is 5.41. The summed E-state index contributed by atoms with van der Waals surface area (Å²) < 4.78 is 0. The Kier molecular flexibility index (Phi) is 6.62. The number of nitrogens with zero attached hydrogens (tertiary/aromatic N) is 2. The smallest absolute Gasteiger partial charge is 0.0195 e. The van der Waals surface area contributed by atoms with E-state index in [1.165, 1.54) is 77.9 Å². The highest BCUT2D eigenvalue weighted by molar-refractivity contribution is 4.80. The van der Waals surface area contributed by atoms with E-state index in [1.807, 2.05) is 0 Å². The van der Waals surface area contributed by atoms with Crippen LogP contribution in [0.1, 0.15) is 46.0 Å². The molecule has 3 heteroatoms. The molecule has 0 aliphatic carbocycles. The van der Waals surface area contributed by atoms with Crippen LogP contribution < -0.4 is 5.32 Å². The van der Waals surface area contributed by atoms with Crippen molar-refractivity contribution in [2.45, 2.75) is 52.0 Å². The fourth-order valence-electron chi connectivity index (χ4n) is 3.64. The first-order valence-corrected chi connectivity index (χ1v) is 8.46. The Morgan fingerprint density at radius 3 is 2.47 bits per heavy atom. The topological polar surface area (TPSA) is 18.5 Å². The summed E-state index contributed by atoms with van der Waals surface area (Å²) in [5, 5.41) is 3.70. The first-order valence-electron chi connectivity index (χ1n) is 8.46. The third-order valence-electron chi connectivity index (χ3n) is 4.53. The van der Waals surface area contributed by atoms with Gasteiger partial charge in [-0.15, -0.1) is 0 Å². The van der Waals surface area contributed by atoms with E-state index < -0.39 is 0 Å². The maximum atomic E-state index is 3.70. The van der Waals surface area contributed by atoms with Crippen molar-refractivity contribution in [2.75, 3.05) is 45.8 Å². The minimum Gasteiger partial charge on any atom is -0.313 e. The van der Waals surface area contributed by atoms with Gasteiger partial charge in [0, 0.05) is 25.7 Å². The van der Waals surface area contributed by atoms with Gasteiger partial charge in [-0.05, 0) is 64.2 Å². The second-order valence-electron chi connectivity index (χ2n) is 6.67. The van der Waals surface area contributed by atoms with E-state index in [-0.39, 0.29) is 0 Å². The summed E-state index contributed by atoms with van der Waals surface area (Å²) in [7, 11) is 0. The highest BCUT2D eigenvalue weighted by Crippen LogP contribution is 2.15. The zero-order valence-electron chi connectivity index (χ0n) is 13.0. The van der Waals surface area contributed by atoms with Gasteiger partial charge in [-0.1, -0.05) is 13.8 Å². The summed E-state index contributed by atoms with van der Waals surface area (Å²) in [6.45, 7) is 13.7. The van der Waals surface area contributed by atoms with Crippen LogP contribution in [0.4, 0.5) is 0 Å². The third-order valence-corrected chi connectivity index (χ3v) is 4.53. The Balaban J connectivity index is 1.65. The van der Waals surface area contributed by atoms with E-state index in [1.54, 1.807) is 0 Å². The van der Waals surface area contributed by atoms with Crippen molar-refractivity contribution in [1.82, 2.24) is 15.1 Å². The average Bonchev–Trinajstić information content (AvgIpc) is 2.89. The Bertz CT molecular complexity index is 238. The largest absolute Gasteiger partial charge is 0.313 e. The maximum Gasteiger partial charge on any atom is 0.0195 e. The van der Waals surface area contributed by atoms with Crippen LogP contribution in [0.15, 0.2) is 0 Å². The molecule has 3 nitrogen and oxygen atoms in total. The molecule has 0 radical (unpaired) electrons. The lowest BCUT2D eigenvalue weighted by Gasteiger charge is -2.35. The molecular formula is C16H33N3. The molecule has 2 aliphatic rings. The van der Waals surface area contributed by atoms with Crippen LogP contribution in [0.25, 0.3) is 0 Å². The standard InChI is InChI=1S/C16H33N3/c1-3-8-17-16-7-6-11-19(14-16)13-15(2)12-18-9-4-5-10-18/h15-17H,3-14H2,1-2H3. The fraction of sp³-hybridized carbons (Fsp3) is 1.00. The molecule has 0 bridgehead atoms. The predicted molar refractivity (Wildman–Crippen MR) is 82.6 cm³/mol. The first kappa shape index (κ1) is 15.3. The lowest BCUT2D eigenvalue weighted by Crippen LogP contribution is -2.47. The Morgan fingerprint density at radius 2 is 1.74 bits per heavy atom. The molecule has 2 heterocycles. The lowest BCUT2D eigenvalue weighted by atomic mass is 10.0. The molecule has 0 aromatic carbocycles. The maximum absolute atomic E-state index is 3.70. The second-order valence-corrected chi connectivity index (χ2v) is 6.67. The summed E-state index contributed by atoms with van der Waals surface area (Å²) in [5.41, 5.74) is 0. The molecule has 1 N–H and O–H groups in total. The first-order chi connectivity index (χ1) is 9.28. The van der Waals surface area contributed by atoms with E-state index >= 15 is 0 Å². The normalized spacial score (nSPS) is 27.8. The fourth-order valence-corrected chi connectivity index (χ4v) is 3.64. The molecular weight excluding hydrogens is 234 g/mol. The zero-order chi connectivity index (χ0) is 13.5. The molecule has 0 aromatic rings. The van der Waals surface area contributed by atoms with Crippen molar-refractivity contribution in [3.05, 3.63) is 0 Å². The van der Waals surface area contributed by atoms with Gasteiger partial charge in [0.05, 0.1) is 0 Å². The molecule has 0 amide bonds. The molecule has 2 atom stereocenters. The number of nitrogens with one attached hydrogen (secondary N) is 1. The molecule has 2 aliphatic heterocycles. The number of hydrogen-bond donors (Lipinski definition) is 1. The SMILES string of the molecule is CCCNC1CCCN(CC(C)CN2CCCC2)C1. The van der Waals surface area contributed by atoms with Gasteiger partial charge in [-0.25, -0.2) is 0 Å². The Morgan fingerprint density at radius 1 is 1.05 bits per heavy atom. The van der Waals surface area contributed by atoms with Crippen LogP contribution in [0.3, 0.4) is 0 Å². The van der Waals surface area contributed by atoms with Crippen LogP contribution in [0, 0.1) is 5.92 Å².